The summed E-state index contributed by atoms with van der Waals surface area (Å²) in [6.07, 6.45) is 2.52. The molecule has 0 aliphatic carbocycles. The van der Waals surface area contributed by atoms with E-state index < -0.39 is 0 Å². The van der Waals surface area contributed by atoms with Crippen molar-refractivity contribution in [1.82, 2.24) is 5.43 Å². The molecule has 0 radical (unpaired) electrons. The highest BCUT2D eigenvalue weighted by molar-refractivity contribution is 6.30. The molecule has 3 rings (SSSR count). The predicted molar refractivity (Wildman–Crippen MR) is 120 cm³/mol. The second kappa shape index (κ2) is 11.0. The fourth-order valence-electron chi connectivity index (χ4n) is 2.55. The van der Waals surface area contributed by atoms with Crippen LogP contribution in [0.1, 0.15) is 34.8 Å². The Bertz CT molecular complexity index is 969. The van der Waals surface area contributed by atoms with Crippen LogP contribution in [0.15, 0.2) is 77.9 Å². The topological polar surface area (TPSA) is 59.9 Å². The van der Waals surface area contributed by atoms with Crippen LogP contribution in [0, 0.1) is 0 Å². The average molecular weight is 423 g/mol. The van der Waals surface area contributed by atoms with E-state index in [1.165, 1.54) is 0 Å². The molecular weight excluding hydrogens is 400 g/mol. The maximum atomic E-state index is 12.2. The average Bonchev–Trinajstić information content (AvgIpc) is 2.78. The van der Waals surface area contributed by atoms with Gasteiger partial charge in [0.25, 0.3) is 5.91 Å². The molecule has 3 aromatic rings. The maximum absolute atomic E-state index is 12.2. The molecule has 0 spiro atoms. The third-order valence-corrected chi connectivity index (χ3v) is 4.42. The lowest BCUT2D eigenvalue weighted by Crippen LogP contribution is -2.17. The third kappa shape index (κ3) is 6.64. The Morgan fingerprint density at radius 3 is 2.23 bits per heavy atom. The van der Waals surface area contributed by atoms with Crippen LogP contribution in [0.25, 0.3) is 0 Å². The van der Waals surface area contributed by atoms with E-state index in [1.54, 1.807) is 30.5 Å². The van der Waals surface area contributed by atoms with Crippen molar-refractivity contribution in [2.24, 2.45) is 5.10 Å². The molecule has 1 N–H and O–H groups in total. The first-order chi connectivity index (χ1) is 14.6. The van der Waals surface area contributed by atoms with Crippen molar-refractivity contribution in [3.05, 3.63) is 94.5 Å². The number of carbonyl (C=O) groups is 1. The van der Waals surface area contributed by atoms with Gasteiger partial charge in [0.05, 0.1) is 12.8 Å². The van der Waals surface area contributed by atoms with Gasteiger partial charge < -0.3 is 9.47 Å². The van der Waals surface area contributed by atoms with Crippen molar-refractivity contribution in [2.45, 2.75) is 20.0 Å². The first-order valence-electron chi connectivity index (χ1n) is 9.67. The summed E-state index contributed by atoms with van der Waals surface area (Å²) >= 11 is 5.88. The third-order valence-electron chi connectivity index (χ3n) is 4.17. The van der Waals surface area contributed by atoms with Crippen molar-refractivity contribution >= 4 is 23.7 Å². The van der Waals surface area contributed by atoms with E-state index in [0.717, 1.165) is 29.0 Å². The number of benzene rings is 3. The molecule has 0 aliphatic rings. The number of amides is 1. The summed E-state index contributed by atoms with van der Waals surface area (Å²) in [5, 5.41) is 4.71. The van der Waals surface area contributed by atoms with Crippen LogP contribution >= 0.6 is 11.6 Å². The van der Waals surface area contributed by atoms with Crippen LogP contribution in [0.4, 0.5) is 0 Å². The van der Waals surface area contributed by atoms with E-state index in [2.05, 4.69) is 10.5 Å². The molecule has 0 fully saturated rings. The minimum absolute atomic E-state index is 0.281. The molecule has 5 nitrogen and oxygen atoms in total. The van der Waals surface area contributed by atoms with E-state index in [0.29, 0.717) is 23.8 Å². The fourth-order valence-corrected chi connectivity index (χ4v) is 2.68. The monoisotopic (exact) mass is 422 g/mol. The Morgan fingerprint density at radius 1 is 0.933 bits per heavy atom. The van der Waals surface area contributed by atoms with Gasteiger partial charge >= 0.3 is 0 Å². The molecule has 0 atom stereocenters. The summed E-state index contributed by atoms with van der Waals surface area (Å²) in [5.41, 5.74) is 4.92. The molecule has 0 aliphatic heterocycles. The van der Waals surface area contributed by atoms with Gasteiger partial charge in [0, 0.05) is 10.6 Å². The van der Waals surface area contributed by atoms with Crippen molar-refractivity contribution in [3.8, 4) is 11.5 Å². The number of halogens is 1. The van der Waals surface area contributed by atoms with Crippen molar-refractivity contribution < 1.29 is 14.3 Å². The summed E-state index contributed by atoms with van der Waals surface area (Å²) < 4.78 is 11.3. The highest BCUT2D eigenvalue weighted by atomic mass is 35.5. The van der Waals surface area contributed by atoms with Gasteiger partial charge in [-0.15, -0.1) is 0 Å². The predicted octanol–water partition coefficient (Wildman–Crippen LogP) is 5.47. The van der Waals surface area contributed by atoms with E-state index in [1.807, 2.05) is 55.5 Å². The summed E-state index contributed by atoms with van der Waals surface area (Å²) in [7, 11) is 0. The molecule has 0 saturated heterocycles. The maximum Gasteiger partial charge on any atom is 0.271 e. The summed E-state index contributed by atoms with van der Waals surface area (Å²) in [6, 6.07) is 21.9. The van der Waals surface area contributed by atoms with Gasteiger partial charge in [0.2, 0.25) is 0 Å². The Morgan fingerprint density at radius 2 is 1.57 bits per heavy atom. The lowest BCUT2D eigenvalue weighted by molar-refractivity contribution is 0.0955. The first kappa shape index (κ1) is 21.4. The van der Waals surface area contributed by atoms with Crippen molar-refractivity contribution in [2.75, 3.05) is 6.61 Å². The number of carbonyl (C=O) groups excluding carboxylic acids is 1. The molecule has 0 saturated carbocycles. The number of rotatable bonds is 9. The highest BCUT2D eigenvalue weighted by Gasteiger charge is 2.04. The Labute approximate surface area is 181 Å². The van der Waals surface area contributed by atoms with Crippen LogP contribution in [0.3, 0.4) is 0 Å². The van der Waals surface area contributed by atoms with Gasteiger partial charge in [-0.1, -0.05) is 30.7 Å². The Kier molecular flexibility index (Phi) is 7.86. The molecule has 0 aromatic heterocycles. The highest BCUT2D eigenvalue weighted by Crippen LogP contribution is 2.15. The first-order valence-corrected chi connectivity index (χ1v) is 10.1. The number of hydrazone groups is 1. The molecule has 6 heteroatoms. The van der Waals surface area contributed by atoms with Gasteiger partial charge in [-0.05, 0) is 78.2 Å². The van der Waals surface area contributed by atoms with Gasteiger partial charge in [0.1, 0.15) is 18.1 Å². The van der Waals surface area contributed by atoms with Crippen molar-refractivity contribution in [1.29, 1.82) is 0 Å². The quantitative estimate of drug-likeness (QED) is 0.367. The number of ether oxygens (including phenoxy) is 2. The van der Waals surface area contributed by atoms with Gasteiger partial charge in [-0.2, -0.15) is 5.10 Å². The minimum atomic E-state index is -0.281. The molecule has 1 amide bonds. The normalized spacial score (nSPS) is 10.7. The van der Waals surface area contributed by atoms with Gasteiger partial charge in [-0.3, -0.25) is 4.79 Å². The van der Waals surface area contributed by atoms with E-state index in [9.17, 15) is 4.79 Å². The summed E-state index contributed by atoms with van der Waals surface area (Å²) in [4.78, 5) is 12.2. The SMILES string of the molecule is CCCOc1ccc(C(=O)NN=Cc2ccc(OCc3ccc(Cl)cc3)cc2)cc1. The fraction of sp³-hybridized carbons (Fsp3) is 0.167. The minimum Gasteiger partial charge on any atom is -0.494 e. The van der Waals surface area contributed by atoms with Gasteiger partial charge in [-0.25, -0.2) is 5.43 Å². The zero-order chi connectivity index (χ0) is 21.2. The summed E-state index contributed by atoms with van der Waals surface area (Å²) in [6.45, 7) is 3.16. The zero-order valence-corrected chi connectivity index (χ0v) is 17.4. The smallest absolute Gasteiger partial charge is 0.271 e. The molecule has 0 heterocycles. The second-order valence-electron chi connectivity index (χ2n) is 6.56. The number of nitrogens with one attached hydrogen (secondary N) is 1. The van der Waals surface area contributed by atoms with Crippen molar-refractivity contribution in [3.63, 3.8) is 0 Å². The van der Waals surface area contributed by atoms with Gasteiger partial charge in [0.15, 0.2) is 0 Å². The van der Waals surface area contributed by atoms with Crippen LogP contribution in [-0.4, -0.2) is 18.7 Å². The Hall–Kier alpha value is -3.31. The van der Waals surface area contributed by atoms with Crippen LogP contribution in [0.5, 0.6) is 11.5 Å². The molecule has 0 unspecified atom stereocenters. The van der Waals surface area contributed by atoms with Crippen LogP contribution in [0.2, 0.25) is 5.02 Å². The van der Waals surface area contributed by atoms with Crippen LogP contribution < -0.4 is 14.9 Å². The molecule has 0 bridgehead atoms. The number of hydrogen-bond donors (Lipinski definition) is 1. The lowest BCUT2D eigenvalue weighted by Gasteiger charge is -2.06. The standard InChI is InChI=1S/C24H23ClN2O3/c1-2-15-29-22-13-7-20(8-14-22)24(28)27-26-16-18-5-11-23(12-6-18)30-17-19-3-9-21(25)10-4-19/h3-14,16H,2,15,17H2,1H3,(H,27,28). The molecular formula is C24H23ClN2O3. The van der Waals surface area contributed by atoms with E-state index in [-0.39, 0.29) is 5.91 Å². The number of hydrogen-bond acceptors (Lipinski definition) is 4. The largest absolute Gasteiger partial charge is 0.494 e. The lowest BCUT2D eigenvalue weighted by atomic mass is 10.2. The van der Waals surface area contributed by atoms with E-state index >= 15 is 0 Å². The second-order valence-corrected chi connectivity index (χ2v) is 6.99. The molecule has 3 aromatic carbocycles. The van der Waals surface area contributed by atoms with Crippen LogP contribution in [-0.2, 0) is 6.61 Å². The summed E-state index contributed by atoms with van der Waals surface area (Å²) in [5.74, 6) is 1.21. The number of nitrogens with zero attached hydrogens (tertiary/aromatic N) is 1. The molecule has 30 heavy (non-hydrogen) atoms. The zero-order valence-electron chi connectivity index (χ0n) is 16.7. The van der Waals surface area contributed by atoms with E-state index in [4.69, 9.17) is 21.1 Å². The molecule has 154 valence electrons. The Balaban J connectivity index is 1.47.